The maximum atomic E-state index is 3.24. The van der Waals surface area contributed by atoms with Crippen molar-refractivity contribution in [2.24, 2.45) is 0 Å². The Balaban J connectivity index is 2.13. The molecule has 0 saturated heterocycles. The number of hydrogen-bond acceptors (Lipinski definition) is 3. The number of nitrogens with zero attached hydrogens (tertiary/aromatic N) is 1. The van der Waals surface area contributed by atoms with Gasteiger partial charge in [0.15, 0.2) is 0 Å². The van der Waals surface area contributed by atoms with Gasteiger partial charge in [-0.1, -0.05) is 18.2 Å². The number of rotatable bonds is 3. The summed E-state index contributed by atoms with van der Waals surface area (Å²) in [6.07, 6.45) is 4.15. The number of nitrogens with one attached hydrogen (secondary N) is 2. The summed E-state index contributed by atoms with van der Waals surface area (Å²) in [5.74, 6) is 0. The Morgan fingerprint density at radius 3 is 2.60 bits per heavy atom. The van der Waals surface area contributed by atoms with E-state index in [2.05, 4.69) is 54.2 Å². The van der Waals surface area contributed by atoms with Crippen molar-refractivity contribution in [3.05, 3.63) is 42.1 Å². The second-order valence-corrected chi connectivity index (χ2v) is 3.72. The Morgan fingerprint density at radius 1 is 1.33 bits per heavy atom. The van der Waals surface area contributed by atoms with E-state index in [0.29, 0.717) is 6.04 Å². The molecule has 0 aliphatic carbocycles. The molecule has 3 heteroatoms. The molecule has 15 heavy (non-hydrogen) atoms. The van der Waals surface area contributed by atoms with Crippen LogP contribution in [0.25, 0.3) is 0 Å². The van der Waals surface area contributed by atoms with Gasteiger partial charge in [-0.15, -0.1) is 0 Å². The molecule has 0 unspecified atom stereocenters. The van der Waals surface area contributed by atoms with Crippen molar-refractivity contribution in [2.75, 3.05) is 18.6 Å². The second-order valence-electron chi connectivity index (χ2n) is 3.72. The number of benzene rings is 1. The summed E-state index contributed by atoms with van der Waals surface area (Å²) in [6, 6.07) is 8.98. The van der Waals surface area contributed by atoms with Gasteiger partial charge in [-0.2, -0.15) is 0 Å². The third-order valence-corrected chi connectivity index (χ3v) is 2.74. The van der Waals surface area contributed by atoms with Crippen LogP contribution in [-0.4, -0.2) is 13.6 Å². The van der Waals surface area contributed by atoms with Crippen molar-refractivity contribution in [2.45, 2.75) is 13.0 Å². The largest absolute Gasteiger partial charge is 0.313 e. The fourth-order valence-electron chi connectivity index (χ4n) is 1.63. The van der Waals surface area contributed by atoms with Crippen molar-refractivity contribution in [3.8, 4) is 0 Å². The molecule has 1 aliphatic heterocycles. The minimum absolute atomic E-state index is 0.404. The molecule has 1 heterocycles. The molecule has 2 rings (SSSR count). The first-order chi connectivity index (χ1) is 7.31. The summed E-state index contributed by atoms with van der Waals surface area (Å²) in [6.45, 7) is 3.07. The second kappa shape index (κ2) is 4.47. The lowest BCUT2D eigenvalue weighted by Gasteiger charge is -2.17. The maximum absolute atomic E-state index is 3.24. The van der Waals surface area contributed by atoms with Gasteiger partial charge in [0, 0.05) is 18.8 Å². The van der Waals surface area contributed by atoms with E-state index >= 15 is 0 Å². The Kier molecular flexibility index (Phi) is 3.04. The van der Waals surface area contributed by atoms with E-state index in [1.54, 1.807) is 0 Å². The predicted molar refractivity (Wildman–Crippen MR) is 63.5 cm³/mol. The third kappa shape index (κ3) is 2.19. The Morgan fingerprint density at radius 2 is 2.07 bits per heavy atom. The molecule has 0 aromatic heterocycles. The van der Waals surface area contributed by atoms with E-state index in [0.717, 1.165) is 6.54 Å². The average molecular weight is 203 g/mol. The van der Waals surface area contributed by atoms with Gasteiger partial charge in [0.1, 0.15) is 0 Å². The van der Waals surface area contributed by atoms with E-state index in [-0.39, 0.29) is 0 Å². The first kappa shape index (κ1) is 10.2. The van der Waals surface area contributed by atoms with Gasteiger partial charge in [-0.3, -0.25) is 5.01 Å². The summed E-state index contributed by atoms with van der Waals surface area (Å²) in [4.78, 5) is 0. The van der Waals surface area contributed by atoms with Crippen molar-refractivity contribution < 1.29 is 0 Å². The van der Waals surface area contributed by atoms with Gasteiger partial charge < -0.3 is 5.32 Å². The molecule has 80 valence electrons. The molecule has 3 nitrogen and oxygen atoms in total. The van der Waals surface area contributed by atoms with Crippen LogP contribution in [0.3, 0.4) is 0 Å². The van der Waals surface area contributed by atoms with E-state index < -0.39 is 0 Å². The maximum Gasteiger partial charge on any atom is 0.0570 e. The number of hydrogen-bond donors (Lipinski definition) is 2. The fraction of sp³-hybridized carbons (Fsp3) is 0.333. The lowest BCUT2D eigenvalue weighted by Crippen LogP contribution is -2.28. The minimum atomic E-state index is 0.404. The molecule has 1 aliphatic rings. The minimum Gasteiger partial charge on any atom is -0.313 e. The van der Waals surface area contributed by atoms with Crippen LogP contribution in [0.1, 0.15) is 18.5 Å². The highest BCUT2D eigenvalue weighted by atomic mass is 15.5. The molecule has 0 radical (unpaired) electrons. The van der Waals surface area contributed by atoms with Crippen LogP contribution < -0.4 is 15.8 Å². The Bertz CT molecular complexity index is 342. The number of anilines is 1. The lowest BCUT2D eigenvalue weighted by molar-refractivity contribution is 0.652. The van der Waals surface area contributed by atoms with Gasteiger partial charge in [-0.25, -0.2) is 5.43 Å². The highest BCUT2D eigenvalue weighted by Gasteiger charge is 2.07. The zero-order valence-corrected chi connectivity index (χ0v) is 9.20. The topological polar surface area (TPSA) is 27.3 Å². The molecule has 0 amide bonds. The van der Waals surface area contributed by atoms with E-state index in [4.69, 9.17) is 0 Å². The molecule has 1 atom stereocenters. The van der Waals surface area contributed by atoms with E-state index in [1.807, 2.05) is 12.1 Å². The zero-order chi connectivity index (χ0) is 10.7. The standard InChI is InChI=1S/C12H17N3/c1-10(13-2)11-4-6-12(7-5-11)15-9-3-8-14-15/h3-7,9-10,13-14H,8H2,1-2H3/t10-/m1/s1. The monoisotopic (exact) mass is 203 g/mol. The normalized spacial score (nSPS) is 17.1. The van der Waals surface area contributed by atoms with Crippen LogP contribution in [0.2, 0.25) is 0 Å². The Hall–Kier alpha value is -1.32. The van der Waals surface area contributed by atoms with E-state index in [1.165, 1.54) is 11.3 Å². The summed E-state index contributed by atoms with van der Waals surface area (Å²) >= 11 is 0. The van der Waals surface area contributed by atoms with Crippen LogP contribution in [0.4, 0.5) is 5.69 Å². The summed E-state index contributed by atoms with van der Waals surface area (Å²) in [5.41, 5.74) is 5.73. The average Bonchev–Trinajstić information content (AvgIpc) is 2.82. The molecule has 0 spiro atoms. The number of hydrazine groups is 1. The van der Waals surface area contributed by atoms with Crippen LogP contribution in [-0.2, 0) is 0 Å². The summed E-state index contributed by atoms with van der Waals surface area (Å²) < 4.78 is 0. The molecule has 0 saturated carbocycles. The molecule has 1 aromatic carbocycles. The van der Waals surface area contributed by atoms with Gasteiger partial charge in [-0.05, 0) is 31.7 Å². The quantitative estimate of drug-likeness (QED) is 0.784. The van der Waals surface area contributed by atoms with Crippen LogP contribution >= 0.6 is 0 Å². The van der Waals surface area contributed by atoms with Crippen molar-refractivity contribution in [3.63, 3.8) is 0 Å². The van der Waals surface area contributed by atoms with Gasteiger partial charge in [0.2, 0.25) is 0 Å². The fourth-order valence-corrected chi connectivity index (χ4v) is 1.63. The van der Waals surface area contributed by atoms with Gasteiger partial charge in [0.25, 0.3) is 0 Å². The van der Waals surface area contributed by atoms with Crippen molar-refractivity contribution in [1.82, 2.24) is 10.7 Å². The van der Waals surface area contributed by atoms with Gasteiger partial charge in [0.05, 0.1) is 5.69 Å². The highest BCUT2D eigenvalue weighted by Crippen LogP contribution is 2.19. The van der Waals surface area contributed by atoms with Gasteiger partial charge >= 0.3 is 0 Å². The molecule has 2 N–H and O–H groups in total. The van der Waals surface area contributed by atoms with E-state index in [9.17, 15) is 0 Å². The summed E-state index contributed by atoms with van der Waals surface area (Å²) in [7, 11) is 1.98. The summed E-state index contributed by atoms with van der Waals surface area (Å²) in [5, 5.41) is 5.26. The van der Waals surface area contributed by atoms with Crippen LogP contribution in [0.5, 0.6) is 0 Å². The smallest absolute Gasteiger partial charge is 0.0570 e. The molecule has 0 bridgehead atoms. The molecular weight excluding hydrogens is 186 g/mol. The lowest BCUT2D eigenvalue weighted by atomic mass is 10.1. The zero-order valence-electron chi connectivity index (χ0n) is 9.20. The SMILES string of the molecule is CN[C@H](C)c1ccc(N2C=CCN2)cc1. The van der Waals surface area contributed by atoms with Crippen molar-refractivity contribution in [1.29, 1.82) is 0 Å². The molecular formula is C12H17N3. The highest BCUT2D eigenvalue weighted by molar-refractivity contribution is 5.50. The van der Waals surface area contributed by atoms with Crippen LogP contribution in [0, 0.1) is 0 Å². The first-order valence-corrected chi connectivity index (χ1v) is 5.28. The first-order valence-electron chi connectivity index (χ1n) is 5.28. The van der Waals surface area contributed by atoms with Crippen molar-refractivity contribution >= 4 is 5.69 Å². The Labute approximate surface area is 90.8 Å². The molecule has 0 fully saturated rings. The van der Waals surface area contributed by atoms with Crippen LogP contribution in [0.15, 0.2) is 36.5 Å². The molecule has 1 aromatic rings. The predicted octanol–water partition coefficient (Wildman–Crippen LogP) is 1.81. The third-order valence-electron chi connectivity index (χ3n) is 2.74.